The Morgan fingerprint density at radius 1 is 1.15 bits per heavy atom. The van der Waals surface area contributed by atoms with Crippen molar-refractivity contribution in [3.63, 3.8) is 0 Å². The van der Waals surface area contributed by atoms with Crippen molar-refractivity contribution in [1.29, 1.82) is 0 Å². The number of ether oxygens (including phenoxy) is 2. The number of quaternary nitrogens is 1. The van der Waals surface area contributed by atoms with Gasteiger partial charge >= 0.3 is 0 Å². The summed E-state index contributed by atoms with van der Waals surface area (Å²) in [6.07, 6.45) is 0. The third-order valence-corrected chi connectivity index (χ3v) is 6.50. The molecule has 0 bridgehead atoms. The van der Waals surface area contributed by atoms with E-state index in [2.05, 4.69) is 0 Å². The van der Waals surface area contributed by atoms with E-state index in [1.54, 1.807) is 37.3 Å². The molecule has 0 aromatic heterocycles. The average Bonchev–Trinajstić information content (AvgIpc) is 3.08. The van der Waals surface area contributed by atoms with E-state index in [9.17, 15) is 18.8 Å². The minimum Gasteiger partial charge on any atom is -0.497 e. The van der Waals surface area contributed by atoms with Crippen molar-refractivity contribution in [2.45, 2.75) is 13.0 Å². The first kappa shape index (κ1) is 23.1. The topological polar surface area (TPSA) is 77.4 Å². The van der Waals surface area contributed by atoms with Gasteiger partial charge in [0.15, 0.2) is 5.78 Å². The van der Waals surface area contributed by atoms with Crippen LogP contribution in [-0.2, 0) is 14.3 Å². The first-order chi connectivity index (χ1) is 15.9. The zero-order chi connectivity index (χ0) is 23.5. The van der Waals surface area contributed by atoms with Gasteiger partial charge in [0.2, 0.25) is 5.78 Å². The second-order valence-corrected chi connectivity index (χ2v) is 8.49. The van der Waals surface area contributed by atoms with Gasteiger partial charge in [-0.05, 0) is 48.4 Å². The van der Waals surface area contributed by atoms with E-state index in [4.69, 9.17) is 9.47 Å². The van der Waals surface area contributed by atoms with Gasteiger partial charge in [-0.2, -0.15) is 0 Å². The molecule has 174 valence electrons. The van der Waals surface area contributed by atoms with E-state index in [1.165, 1.54) is 29.0 Å². The molecule has 2 atom stereocenters. The highest BCUT2D eigenvalue weighted by atomic mass is 19.1. The molecule has 2 saturated heterocycles. The van der Waals surface area contributed by atoms with Crippen LogP contribution in [0.15, 0.2) is 42.5 Å². The molecule has 33 heavy (non-hydrogen) atoms. The molecule has 2 aliphatic heterocycles. The summed E-state index contributed by atoms with van der Waals surface area (Å²) < 4.78 is 24.2. The fourth-order valence-electron chi connectivity index (χ4n) is 4.66. The molecule has 4 rings (SSSR count). The second-order valence-electron chi connectivity index (χ2n) is 8.49. The fourth-order valence-corrected chi connectivity index (χ4v) is 4.66. The number of hydrogen-bond acceptors (Lipinski definition) is 5. The molecule has 0 aliphatic carbocycles. The summed E-state index contributed by atoms with van der Waals surface area (Å²) in [7, 11) is 1.54. The third kappa shape index (κ3) is 4.67. The Bertz CT molecular complexity index is 1050. The number of hydrogen-bond donors (Lipinski definition) is 1. The molecule has 7 nitrogen and oxygen atoms in total. The number of carbonyl (C=O) groups is 3. The van der Waals surface area contributed by atoms with Crippen LogP contribution in [-0.4, -0.2) is 68.9 Å². The molecule has 0 saturated carbocycles. The molecular weight excluding hydrogens is 427 g/mol. The summed E-state index contributed by atoms with van der Waals surface area (Å²) in [6, 6.07) is 9.89. The smallest absolute Gasteiger partial charge is 0.291 e. The predicted molar refractivity (Wildman–Crippen MR) is 118 cm³/mol. The van der Waals surface area contributed by atoms with Crippen LogP contribution in [0, 0.1) is 18.7 Å². The van der Waals surface area contributed by atoms with Crippen LogP contribution < -0.4 is 9.64 Å². The minimum atomic E-state index is -1.19. The van der Waals surface area contributed by atoms with Crippen LogP contribution in [0.2, 0.25) is 0 Å². The summed E-state index contributed by atoms with van der Waals surface area (Å²) in [5, 5.41) is 0. The Labute approximate surface area is 192 Å². The zero-order valence-electron chi connectivity index (χ0n) is 18.8. The largest absolute Gasteiger partial charge is 0.497 e. The van der Waals surface area contributed by atoms with Crippen LogP contribution in [0.3, 0.4) is 0 Å². The van der Waals surface area contributed by atoms with Gasteiger partial charge in [0.1, 0.15) is 30.6 Å². The standard InChI is InChI=1S/C25H27FN2O5/c1-16-15-19(32-2)7-8-20(16)23(29)21-22(17-3-5-18(26)6-4-17)28(25(31)24(21)30)10-9-27-11-13-33-14-12-27/h3-8,15,21-22H,9-14H2,1-2H3/p+1. The van der Waals surface area contributed by atoms with Gasteiger partial charge in [0.25, 0.3) is 5.91 Å². The Balaban J connectivity index is 1.67. The van der Waals surface area contributed by atoms with Gasteiger partial charge in [0, 0.05) is 5.56 Å². The molecule has 8 heteroatoms. The van der Waals surface area contributed by atoms with Crippen molar-refractivity contribution in [3.05, 3.63) is 65.0 Å². The Morgan fingerprint density at radius 2 is 1.85 bits per heavy atom. The van der Waals surface area contributed by atoms with Crippen LogP contribution in [0.4, 0.5) is 4.39 Å². The number of morpholine rings is 1. The van der Waals surface area contributed by atoms with Crippen molar-refractivity contribution in [2.24, 2.45) is 5.92 Å². The molecule has 1 amide bonds. The van der Waals surface area contributed by atoms with Crippen molar-refractivity contribution in [2.75, 3.05) is 46.5 Å². The number of nitrogens with zero attached hydrogens (tertiary/aromatic N) is 1. The summed E-state index contributed by atoms with van der Waals surface area (Å²) in [5.41, 5.74) is 1.60. The predicted octanol–water partition coefficient (Wildman–Crippen LogP) is 1.01. The Morgan fingerprint density at radius 3 is 2.48 bits per heavy atom. The summed E-state index contributed by atoms with van der Waals surface area (Å²) in [6.45, 7) is 5.69. The van der Waals surface area contributed by atoms with E-state index in [0.29, 0.717) is 48.7 Å². The van der Waals surface area contributed by atoms with Crippen LogP contribution in [0.5, 0.6) is 5.75 Å². The average molecular weight is 456 g/mol. The lowest BCUT2D eigenvalue weighted by Crippen LogP contribution is -3.14. The Hall–Kier alpha value is -3.10. The first-order valence-electron chi connectivity index (χ1n) is 11.1. The normalized spacial score (nSPS) is 21.5. The molecule has 1 N–H and O–H groups in total. The number of methoxy groups -OCH3 is 1. The fraction of sp³-hybridized carbons (Fsp3) is 0.400. The van der Waals surface area contributed by atoms with Gasteiger partial charge in [-0.25, -0.2) is 4.39 Å². The van der Waals surface area contributed by atoms with E-state index in [1.807, 2.05) is 0 Å². The lowest BCUT2D eigenvalue weighted by molar-refractivity contribution is -0.907. The molecule has 0 radical (unpaired) electrons. The highest BCUT2D eigenvalue weighted by Gasteiger charge is 2.52. The molecule has 2 aromatic carbocycles. The van der Waals surface area contributed by atoms with Gasteiger partial charge in [-0.1, -0.05) is 12.1 Å². The number of ketones is 2. The maximum Gasteiger partial charge on any atom is 0.291 e. The summed E-state index contributed by atoms with van der Waals surface area (Å²) in [4.78, 5) is 42.5. The highest BCUT2D eigenvalue weighted by Crippen LogP contribution is 2.38. The third-order valence-electron chi connectivity index (χ3n) is 6.50. The van der Waals surface area contributed by atoms with Crippen molar-refractivity contribution in [1.82, 2.24) is 4.90 Å². The number of rotatable bonds is 7. The molecule has 0 spiro atoms. The lowest BCUT2D eigenvalue weighted by Gasteiger charge is -2.30. The van der Waals surface area contributed by atoms with Crippen LogP contribution in [0.1, 0.15) is 27.5 Å². The molecular formula is C25H28FN2O5+. The number of aryl methyl sites for hydroxylation is 1. The van der Waals surface area contributed by atoms with Gasteiger partial charge in [-0.3, -0.25) is 14.4 Å². The molecule has 2 unspecified atom stereocenters. The molecule has 2 aromatic rings. The second kappa shape index (κ2) is 9.80. The van der Waals surface area contributed by atoms with E-state index in [-0.39, 0.29) is 0 Å². The molecule has 2 heterocycles. The monoisotopic (exact) mass is 455 g/mol. The van der Waals surface area contributed by atoms with E-state index >= 15 is 0 Å². The van der Waals surface area contributed by atoms with E-state index in [0.717, 1.165) is 13.1 Å². The molecule has 2 aliphatic rings. The lowest BCUT2D eigenvalue weighted by atomic mass is 9.85. The van der Waals surface area contributed by atoms with E-state index < -0.39 is 35.3 Å². The van der Waals surface area contributed by atoms with Gasteiger partial charge < -0.3 is 19.3 Å². The summed E-state index contributed by atoms with van der Waals surface area (Å²) >= 11 is 0. The Kier molecular flexibility index (Phi) is 6.85. The number of carbonyl (C=O) groups excluding carboxylic acids is 3. The number of Topliss-reactive ketones (excluding diaryl/α,β-unsaturated/α-hetero) is 2. The van der Waals surface area contributed by atoms with Crippen LogP contribution in [0.25, 0.3) is 0 Å². The van der Waals surface area contributed by atoms with Crippen molar-refractivity contribution < 1.29 is 33.1 Å². The zero-order valence-corrected chi connectivity index (χ0v) is 18.8. The maximum atomic E-state index is 13.6. The number of likely N-dealkylation sites (tertiary alicyclic amines) is 1. The SMILES string of the molecule is COc1ccc(C(=O)C2C(=O)C(=O)N(CC[NH+]3CCOCC3)C2c2ccc(F)cc2)c(C)c1. The highest BCUT2D eigenvalue weighted by molar-refractivity contribution is 6.44. The molecule has 2 fully saturated rings. The van der Waals surface area contributed by atoms with Gasteiger partial charge in [-0.15, -0.1) is 0 Å². The number of nitrogens with one attached hydrogen (secondary N) is 1. The van der Waals surface area contributed by atoms with Gasteiger partial charge in [0.05, 0.1) is 39.5 Å². The van der Waals surface area contributed by atoms with Crippen molar-refractivity contribution in [3.8, 4) is 5.75 Å². The number of benzene rings is 2. The number of halogens is 1. The maximum absolute atomic E-state index is 13.6. The minimum absolute atomic E-state index is 0.327. The number of amides is 1. The first-order valence-corrected chi connectivity index (χ1v) is 11.1. The summed E-state index contributed by atoms with van der Waals surface area (Å²) in [5.74, 6) is -2.81. The quantitative estimate of drug-likeness (QED) is 0.383. The van der Waals surface area contributed by atoms with Crippen molar-refractivity contribution >= 4 is 17.5 Å². The van der Waals surface area contributed by atoms with Crippen LogP contribution >= 0.6 is 0 Å².